The van der Waals surface area contributed by atoms with Crippen LogP contribution in [-0.4, -0.2) is 27.1 Å². The van der Waals surface area contributed by atoms with Gasteiger partial charge in [0, 0.05) is 26.2 Å². The molecular weight excluding hydrogens is 176 g/mol. The molecule has 76 valence electrons. The van der Waals surface area contributed by atoms with Gasteiger partial charge in [0.15, 0.2) is 0 Å². The molecule has 0 amide bonds. The maximum Gasteiger partial charge on any atom is 0.0961 e. The Bertz CT molecular complexity index is 329. The van der Waals surface area contributed by atoms with E-state index < -0.39 is 0 Å². The summed E-state index contributed by atoms with van der Waals surface area (Å²) in [6.45, 7) is 1.85. The first-order chi connectivity index (χ1) is 6.77. The average molecular weight is 192 g/mol. The molecule has 0 bridgehead atoms. The van der Waals surface area contributed by atoms with Crippen LogP contribution < -0.4 is 0 Å². The van der Waals surface area contributed by atoms with E-state index in [-0.39, 0.29) is 0 Å². The number of amidine groups is 1. The van der Waals surface area contributed by atoms with E-state index in [1.54, 1.807) is 0 Å². The third kappa shape index (κ3) is 1.78. The van der Waals surface area contributed by atoms with Crippen molar-refractivity contribution in [2.75, 3.05) is 6.54 Å². The van der Waals surface area contributed by atoms with Gasteiger partial charge in [-0.05, 0) is 18.9 Å². The third-order valence-electron chi connectivity index (χ3n) is 2.75. The molecule has 0 spiro atoms. The summed E-state index contributed by atoms with van der Waals surface area (Å²) in [5.74, 6) is 0.775. The predicted molar refractivity (Wildman–Crippen MR) is 55.2 cm³/mol. The summed E-state index contributed by atoms with van der Waals surface area (Å²) < 4.78 is 1.88. The zero-order valence-electron chi connectivity index (χ0n) is 8.53. The minimum atomic E-state index is 0.775. The Morgan fingerprint density at radius 1 is 1.50 bits per heavy atom. The quantitative estimate of drug-likeness (QED) is 0.769. The van der Waals surface area contributed by atoms with Gasteiger partial charge in [-0.1, -0.05) is 0 Å². The second-order valence-electron chi connectivity index (χ2n) is 3.77. The molecule has 4 heteroatoms. The lowest BCUT2D eigenvalue weighted by Gasteiger charge is -2.29. The van der Waals surface area contributed by atoms with Crippen LogP contribution in [-0.2, 0) is 13.6 Å². The van der Waals surface area contributed by atoms with E-state index in [0.717, 1.165) is 25.3 Å². The van der Waals surface area contributed by atoms with Crippen molar-refractivity contribution in [2.45, 2.75) is 25.8 Å². The van der Waals surface area contributed by atoms with Crippen LogP contribution in [0.3, 0.4) is 0 Å². The first kappa shape index (κ1) is 9.24. The minimum Gasteiger partial charge on any atom is -0.355 e. The topological polar surface area (TPSA) is 44.9 Å². The first-order valence-corrected chi connectivity index (χ1v) is 5.06. The molecule has 0 saturated carbocycles. The molecule has 14 heavy (non-hydrogen) atoms. The number of likely N-dealkylation sites (tertiary alicyclic amines) is 1. The number of piperidine rings is 1. The molecule has 0 atom stereocenters. The molecule has 0 aromatic carbocycles. The second kappa shape index (κ2) is 3.82. The third-order valence-corrected chi connectivity index (χ3v) is 2.75. The highest BCUT2D eigenvalue weighted by Gasteiger charge is 2.15. The van der Waals surface area contributed by atoms with E-state index in [1.807, 2.05) is 24.0 Å². The largest absolute Gasteiger partial charge is 0.355 e. The van der Waals surface area contributed by atoms with Crippen LogP contribution >= 0.6 is 0 Å². The zero-order chi connectivity index (χ0) is 9.97. The summed E-state index contributed by atoms with van der Waals surface area (Å²) in [5.41, 5.74) is 1.18. The Labute approximate surface area is 84.0 Å². The Balaban J connectivity index is 2.03. The lowest BCUT2D eigenvalue weighted by atomic mass is 10.1. The fraction of sp³-hybridized carbons (Fsp3) is 0.600. The zero-order valence-corrected chi connectivity index (χ0v) is 8.53. The van der Waals surface area contributed by atoms with Gasteiger partial charge in [-0.15, -0.1) is 0 Å². The number of rotatable bonds is 2. The smallest absolute Gasteiger partial charge is 0.0961 e. The maximum absolute atomic E-state index is 7.82. The van der Waals surface area contributed by atoms with Gasteiger partial charge in [0.2, 0.25) is 0 Å². The highest BCUT2D eigenvalue weighted by atomic mass is 15.3. The molecule has 2 heterocycles. The number of hydrogen-bond donors (Lipinski definition) is 1. The number of nitrogens with zero attached hydrogens (tertiary/aromatic N) is 3. The van der Waals surface area contributed by atoms with Crippen LogP contribution in [0.4, 0.5) is 0 Å². The molecule has 0 aliphatic carbocycles. The summed E-state index contributed by atoms with van der Waals surface area (Å²) in [5, 5.41) is 11.9. The molecule has 1 aromatic rings. The van der Waals surface area contributed by atoms with E-state index in [2.05, 4.69) is 10.00 Å². The van der Waals surface area contributed by atoms with Crippen LogP contribution in [0, 0.1) is 5.41 Å². The fourth-order valence-corrected chi connectivity index (χ4v) is 1.81. The van der Waals surface area contributed by atoms with Gasteiger partial charge >= 0.3 is 0 Å². The Kier molecular flexibility index (Phi) is 2.52. The summed E-state index contributed by atoms with van der Waals surface area (Å²) >= 11 is 0. The van der Waals surface area contributed by atoms with Crippen LogP contribution in [0.25, 0.3) is 0 Å². The molecule has 1 aliphatic heterocycles. The molecule has 1 N–H and O–H groups in total. The Hall–Kier alpha value is -1.32. The lowest BCUT2D eigenvalue weighted by Crippen LogP contribution is -2.34. The van der Waals surface area contributed by atoms with Crippen LogP contribution in [0.1, 0.15) is 25.0 Å². The summed E-state index contributed by atoms with van der Waals surface area (Å²) in [6, 6.07) is 2.02. The van der Waals surface area contributed by atoms with Crippen LogP contribution in [0.15, 0.2) is 12.3 Å². The van der Waals surface area contributed by atoms with Crippen molar-refractivity contribution < 1.29 is 0 Å². The highest BCUT2D eigenvalue weighted by Crippen LogP contribution is 2.13. The SMILES string of the molecule is Cn1nccc1CN1CCCCC1=N. The standard InChI is InChI=1S/C10H16N4/c1-13-9(5-6-12-13)8-14-7-3-2-4-10(14)11/h5-6,11H,2-4,7-8H2,1H3. The summed E-state index contributed by atoms with van der Waals surface area (Å²) in [7, 11) is 1.95. The van der Waals surface area contributed by atoms with Crippen molar-refractivity contribution in [3.63, 3.8) is 0 Å². The Morgan fingerprint density at radius 3 is 3.00 bits per heavy atom. The second-order valence-corrected chi connectivity index (χ2v) is 3.77. The number of nitrogens with one attached hydrogen (secondary N) is 1. The summed E-state index contributed by atoms with van der Waals surface area (Å²) in [6.07, 6.45) is 5.11. The van der Waals surface area contributed by atoms with Crippen molar-refractivity contribution in [1.82, 2.24) is 14.7 Å². The molecule has 1 aromatic heterocycles. The van der Waals surface area contributed by atoms with Gasteiger partial charge in [-0.3, -0.25) is 10.1 Å². The van der Waals surface area contributed by atoms with E-state index >= 15 is 0 Å². The van der Waals surface area contributed by atoms with Gasteiger partial charge in [-0.25, -0.2) is 0 Å². The van der Waals surface area contributed by atoms with E-state index in [9.17, 15) is 0 Å². The van der Waals surface area contributed by atoms with Gasteiger partial charge in [0.05, 0.1) is 18.1 Å². The van der Waals surface area contributed by atoms with E-state index in [0.29, 0.717) is 0 Å². The predicted octanol–water partition coefficient (Wildman–Crippen LogP) is 1.38. The minimum absolute atomic E-state index is 0.775. The molecular formula is C10H16N4. The average Bonchev–Trinajstić information content (AvgIpc) is 2.56. The highest BCUT2D eigenvalue weighted by molar-refractivity contribution is 5.79. The van der Waals surface area contributed by atoms with Crippen molar-refractivity contribution in [2.24, 2.45) is 7.05 Å². The maximum atomic E-state index is 7.82. The van der Waals surface area contributed by atoms with Crippen LogP contribution in [0.2, 0.25) is 0 Å². The summed E-state index contributed by atoms with van der Waals surface area (Å²) in [4.78, 5) is 2.14. The molecule has 2 rings (SSSR count). The molecule has 0 unspecified atom stereocenters. The van der Waals surface area contributed by atoms with E-state index in [1.165, 1.54) is 18.5 Å². The number of hydrogen-bond acceptors (Lipinski definition) is 2. The molecule has 0 radical (unpaired) electrons. The van der Waals surface area contributed by atoms with Crippen molar-refractivity contribution in [3.8, 4) is 0 Å². The molecule has 1 fully saturated rings. The fourth-order valence-electron chi connectivity index (χ4n) is 1.81. The first-order valence-electron chi connectivity index (χ1n) is 5.06. The van der Waals surface area contributed by atoms with Gasteiger partial charge < -0.3 is 4.90 Å². The van der Waals surface area contributed by atoms with E-state index in [4.69, 9.17) is 5.41 Å². The number of aromatic nitrogens is 2. The Morgan fingerprint density at radius 2 is 2.36 bits per heavy atom. The van der Waals surface area contributed by atoms with Crippen LogP contribution in [0.5, 0.6) is 0 Å². The van der Waals surface area contributed by atoms with Gasteiger partial charge in [-0.2, -0.15) is 5.10 Å². The monoisotopic (exact) mass is 192 g/mol. The van der Waals surface area contributed by atoms with Gasteiger partial charge in [0.1, 0.15) is 0 Å². The molecule has 4 nitrogen and oxygen atoms in total. The number of aryl methyl sites for hydroxylation is 1. The lowest BCUT2D eigenvalue weighted by molar-refractivity contribution is 0.351. The molecule has 1 aliphatic rings. The van der Waals surface area contributed by atoms with Crippen molar-refractivity contribution in [3.05, 3.63) is 18.0 Å². The van der Waals surface area contributed by atoms with Crippen molar-refractivity contribution in [1.29, 1.82) is 5.41 Å². The van der Waals surface area contributed by atoms with Gasteiger partial charge in [0.25, 0.3) is 0 Å². The normalized spacial score (nSPS) is 17.5. The molecule has 1 saturated heterocycles. The van der Waals surface area contributed by atoms with Crippen molar-refractivity contribution >= 4 is 5.84 Å².